The highest BCUT2D eigenvalue weighted by Gasteiger charge is 2.13. The fourth-order valence-corrected chi connectivity index (χ4v) is 4.33. The molecule has 1 aromatic heterocycles. The van der Waals surface area contributed by atoms with Crippen LogP contribution in [0.1, 0.15) is 15.9 Å². The van der Waals surface area contributed by atoms with Crippen molar-refractivity contribution in [2.24, 2.45) is 0 Å². The van der Waals surface area contributed by atoms with Crippen LogP contribution in [0.15, 0.2) is 109 Å². The zero-order valence-electron chi connectivity index (χ0n) is 19.1. The molecule has 5 heteroatoms. The zero-order chi connectivity index (χ0) is 23.8. The Morgan fingerprint density at radius 1 is 0.714 bits per heavy atom. The van der Waals surface area contributed by atoms with Crippen LogP contribution >= 0.6 is 0 Å². The number of nitrogens with one attached hydrogen (secondary N) is 1. The molecule has 35 heavy (non-hydrogen) atoms. The normalized spacial score (nSPS) is 11.1. The number of carbonyl (C=O) groups excluding carboxylic acids is 1. The van der Waals surface area contributed by atoms with Gasteiger partial charge in [-0.1, -0.05) is 78.9 Å². The van der Waals surface area contributed by atoms with Gasteiger partial charge in [-0.25, -0.2) is 0 Å². The summed E-state index contributed by atoms with van der Waals surface area (Å²) >= 11 is 0. The van der Waals surface area contributed by atoms with Gasteiger partial charge in [-0.2, -0.15) is 0 Å². The molecular formula is C30H22N4O. The highest BCUT2D eigenvalue weighted by molar-refractivity contribution is 6.05. The van der Waals surface area contributed by atoms with Gasteiger partial charge in [-0.15, -0.1) is 15.0 Å². The molecule has 0 atom stereocenters. The molecule has 0 fully saturated rings. The number of fused-ring (bicyclic) bond motifs is 2. The van der Waals surface area contributed by atoms with E-state index in [-0.39, 0.29) is 5.91 Å². The lowest BCUT2D eigenvalue weighted by atomic mass is 10.0. The number of amides is 1. The Labute approximate surface area is 202 Å². The molecule has 0 spiro atoms. The van der Waals surface area contributed by atoms with Crippen molar-refractivity contribution in [2.45, 2.75) is 6.92 Å². The molecule has 0 aliphatic heterocycles. The van der Waals surface area contributed by atoms with E-state index in [1.54, 1.807) is 4.80 Å². The van der Waals surface area contributed by atoms with Crippen molar-refractivity contribution in [2.75, 3.05) is 5.32 Å². The van der Waals surface area contributed by atoms with E-state index in [1.807, 2.05) is 85.8 Å². The molecule has 0 radical (unpaired) electrons. The van der Waals surface area contributed by atoms with Gasteiger partial charge in [0.1, 0.15) is 11.0 Å². The van der Waals surface area contributed by atoms with Crippen molar-refractivity contribution < 1.29 is 4.79 Å². The van der Waals surface area contributed by atoms with E-state index < -0.39 is 0 Å². The summed E-state index contributed by atoms with van der Waals surface area (Å²) in [6.07, 6.45) is 0. The zero-order valence-corrected chi connectivity index (χ0v) is 19.1. The van der Waals surface area contributed by atoms with Gasteiger partial charge in [-0.05, 0) is 59.3 Å². The molecule has 1 heterocycles. The lowest BCUT2D eigenvalue weighted by molar-refractivity contribution is 0.102. The number of hydrogen-bond donors (Lipinski definition) is 1. The van der Waals surface area contributed by atoms with Crippen LogP contribution in [0.4, 0.5) is 5.69 Å². The molecule has 0 saturated carbocycles. The summed E-state index contributed by atoms with van der Waals surface area (Å²) in [5.41, 5.74) is 6.86. The van der Waals surface area contributed by atoms with E-state index in [4.69, 9.17) is 10.2 Å². The quantitative estimate of drug-likeness (QED) is 0.319. The Morgan fingerprint density at radius 2 is 1.37 bits per heavy atom. The van der Waals surface area contributed by atoms with Crippen LogP contribution in [0.25, 0.3) is 38.6 Å². The Kier molecular flexibility index (Phi) is 5.08. The minimum absolute atomic E-state index is 0.159. The second-order valence-electron chi connectivity index (χ2n) is 8.54. The smallest absolute Gasteiger partial charge is 0.255 e. The van der Waals surface area contributed by atoms with E-state index in [0.29, 0.717) is 5.56 Å². The maximum atomic E-state index is 13.0. The first-order chi connectivity index (χ1) is 17.2. The van der Waals surface area contributed by atoms with Crippen LogP contribution in [0, 0.1) is 6.92 Å². The molecule has 0 unspecified atom stereocenters. The third-order valence-electron chi connectivity index (χ3n) is 6.21. The summed E-state index contributed by atoms with van der Waals surface area (Å²) in [5, 5.41) is 14.7. The van der Waals surface area contributed by atoms with Crippen LogP contribution in [0.5, 0.6) is 0 Å². The molecule has 6 rings (SSSR count). The Bertz CT molecular complexity index is 1680. The van der Waals surface area contributed by atoms with Crippen molar-refractivity contribution in [3.63, 3.8) is 0 Å². The number of nitrogens with zero attached hydrogens (tertiary/aromatic N) is 3. The topological polar surface area (TPSA) is 59.8 Å². The van der Waals surface area contributed by atoms with Gasteiger partial charge in [0.15, 0.2) is 0 Å². The predicted molar refractivity (Wildman–Crippen MR) is 141 cm³/mol. The number of rotatable bonds is 4. The van der Waals surface area contributed by atoms with Gasteiger partial charge >= 0.3 is 0 Å². The molecule has 0 saturated heterocycles. The molecular weight excluding hydrogens is 432 g/mol. The molecule has 5 aromatic carbocycles. The number of hydrogen-bond acceptors (Lipinski definition) is 3. The summed E-state index contributed by atoms with van der Waals surface area (Å²) in [5.74, 6) is -0.159. The standard InChI is InChI=1S/C30H22N4O/c1-20-18-27-28(33-34(32-27)29-13-7-11-23-10-5-6-12-25(23)29)19-26(20)31-30(35)24-16-14-22(15-17-24)21-8-3-2-4-9-21/h2-19H,1H3,(H,31,35). The monoisotopic (exact) mass is 454 g/mol. The van der Waals surface area contributed by atoms with Gasteiger partial charge in [0.25, 0.3) is 5.91 Å². The van der Waals surface area contributed by atoms with Crippen LogP contribution < -0.4 is 5.32 Å². The largest absolute Gasteiger partial charge is 0.322 e. The van der Waals surface area contributed by atoms with Crippen molar-refractivity contribution in [1.29, 1.82) is 0 Å². The summed E-state index contributed by atoms with van der Waals surface area (Å²) in [7, 11) is 0. The number of aromatic nitrogens is 3. The lowest BCUT2D eigenvalue weighted by Crippen LogP contribution is -2.12. The molecule has 5 nitrogen and oxygen atoms in total. The van der Waals surface area contributed by atoms with Crippen LogP contribution in [-0.4, -0.2) is 20.9 Å². The number of anilines is 1. The van der Waals surface area contributed by atoms with Crippen molar-refractivity contribution in [3.8, 4) is 16.8 Å². The van der Waals surface area contributed by atoms with Crippen molar-refractivity contribution in [3.05, 3.63) is 120 Å². The Morgan fingerprint density at radius 3 is 2.17 bits per heavy atom. The average molecular weight is 455 g/mol. The second-order valence-corrected chi connectivity index (χ2v) is 8.54. The summed E-state index contributed by atoms with van der Waals surface area (Å²) in [6.45, 7) is 1.96. The third kappa shape index (κ3) is 3.93. The maximum Gasteiger partial charge on any atom is 0.255 e. The van der Waals surface area contributed by atoms with Gasteiger partial charge in [0.2, 0.25) is 0 Å². The first-order valence-corrected chi connectivity index (χ1v) is 11.5. The van der Waals surface area contributed by atoms with Gasteiger partial charge in [0.05, 0.1) is 5.69 Å². The maximum absolute atomic E-state index is 13.0. The summed E-state index contributed by atoms with van der Waals surface area (Å²) < 4.78 is 0. The fourth-order valence-electron chi connectivity index (χ4n) is 4.33. The van der Waals surface area contributed by atoms with Crippen LogP contribution in [0.2, 0.25) is 0 Å². The first-order valence-electron chi connectivity index (χ1n) is 11.5. The first kappa shape index (κ1) is 20.8. The molecule has 0 aliphatic carbocycles. The van der Waals surface area contributed by atoms with E-state index in [1.165, 1.54) is 0 Å². The van der Waals surface area contributed by atoms with Crippen molar-refractivity contribution in [1.82, 2.24) is 15.0 Å². The van der Waals surface area contributed by atoms with Gasteiger partial charge in [0, 0.05) is 16.6 Å². The van der Waals surface area contributed by atoms with Crippen molar-refractivity contribution >= 4 is 33.4 Å². The minimum Gasteiger partial charge on any atom is -0.322 e. The molecule has 1 N–H and O–H groups in total. The summed E-state index contributed by atoms with van der Waals surface area (Å²) in [4.78, 5) is 14.6. The van der Waals surface area contributed by atoms with Crippen LogP contribution in [0.3, 0.4) is 0 Å². The van der Waals surface area contributed by atoms with E-state index in [9.17, 15) is 4.79 Å². The third-order valence-corrected chi connectivity index (χ3v) is 6.21. The molecule has 1 amide bonds. The van der Waals surface area contributed by atoms with E-state index in [0.717, 1.165) is 49.9 Å². The van der Waals surface area contributed by atoms with Crippen LogP contribution in [-0.2, 0) is 0 Å². The van der Waals surface area contributed by atoms with Gasteiger partial charge < -0.3 is 5.32 Å². The minimum atomic E-state index is -0.159. The lowest BCUT2D eigenvalue weighted by Gasteiger charge is -2.09. The number of benzene rings is 5. The second kappa shape index (κ2) is 8.54. The highest BCUT2D eigenvalue weighted by atomic mass is 16.1. The Balaban J connectivity index is 1.29. The highest BCUT2D eigenvalue weighted by Crippen LogP contribution is 2.26. The number of aryl methyl sites for hydroxylation is 1. The fraction of sp³-hybridized carbons (Fsp3) is 0.0333. The number of carbonyl (C=O) groups is 1. The molecule has 0 bridgehead atoms. The molecule has 6 aromatic rings. The average Bonchev–Trinajstić information content (AvgIpc) is 3.31. The van der Waals surface area contributed by atoms with Gasteiger partial charge in [-0.3, -0.25) is 4.79 Å². The molecule has 0 aliphatic rings. The predicted octanol–water partition coefficient (Wildman–Crippen LogP) is 6.80. The SMILES string of the molecule is Cc1cc2nn(-c3cccc4ccccc34)nc2cc1NC(=O)c1ccc(-c2ccccc2)cc1. The summed E-state index contributed by atoms with van der Waals surface area (Å²) in [6, 6.07) is 35.9. The van der Waals surface area contributed by atoms with E-state index in [2.05, 4.69) is 35.6 Å². The Hall–Kier alpha value is -4.77. The van der Waals surface area contributed by atoms with E-state index >= 15 is 0 Å². The molecule has 168 valence electrons.